The van der Waals surface area contributed by atoms with Gasteiger partial charge in [-0.1, -0.05) is 27.7 Å². The van der Waals surface area contributed by atoms with Crippen molar-refractivity contribution in [2.75, 3.05) is 39.3 Å². The number of hydrogen-bond donors (Lipinski definition) is 2. The van der Waals surface area contributed by atoms with Crippen LogP contribution in [0.1, 0.15) is 27.7 Å². The molecule has 0 amide bonds. The van der Waals surface area contributed by atoms with Gasteiger partial charge in [0.25, 0.3) is 0 Å². The van der Waals surface area contributed by atoms with Crippen LogP contribution < -0.4 is 5.73 Å². The number of piperazine rings is 1. The van der Waals surface area contributed by atoms with Gasteiger partial charge in [0.15, 0.2) is 0 Å². The molecule has 1 heterocycles. The van der Waals surface area contributed by atoms with Crippen LogP contribution >= 0.6 is 0 Å². The summed E-state index contributed by atoms with van der Waals surface area (Å²) in [6, 6.07) is 0.106. The molecule has 0 bridgehead atoms. The van der Waals surface area contributed by atoms with Crippen molar-refractivity contribution in [3.05, 3.63) is 0 Å². The molecule has 0 radical (unpaired) electrons. The number of rotatable bonds is 4. The second kappa shape index (κ2) is 6.14. The van der Waals surface area contributed by atoms with Crippen molar-refractivity contribution in [3.8, 4) is 0 Å². The summed E-state index contributed by atoms with van der Waals surface area (Å²) in [5, 5.41) is 9.60. The Bertz CT molecular complexity index is 219. The van der Waals surface area contributed by atoms with E-state index in [-0.39, 0.29) is 24.1 Å². The molecule has 1 aliphatic rings. The van der Waals surface area contributed by atoms with E-state index in [1.165, 1.54) is 0 Å². The SMILES string of the molecule is CCN1CCN(C(CO)C(N)C(C)(C)C)CC1. The topological polar surface area (TPSA) is 52.7 Å². The minimum absolute atomic E-state index is 0.0145. The van der Waals surface area contributed by atoms with Gasteiger partial charge >= 0.3 is 0 Å². The quantitative estimate of drug-likeness (QED) is 0.748. The zero-order valence-corrected chi connectivity index (χ0v) is 11.8. The molecular formula is C13H29N3O. The van der Waals surface area contributed by atoms with Gasteiger partial charge in [-0.25, -0.2) is 0 Å². The van der Waals surface area contributed by atoms with Gasteiger partial charge in [-0.2, -0.15) is 0 Å². The Balaban J connectivity index is 2.57. The fourth-order valence-electron chi connectivity index (χ4n) is 2.44. The molecule has 1 fully saturated rings. The van der Waals surface area contributed by atoms with Crippen LogP contribution in [0.4, 0.5) is 0 Å². The Morgan fingerprint density at radius 1 is 1.18 bits per heavy atom. The lowest BCUT2D eigenvalue weighted by Crippen LogP contribution is -2.60. The van der Waals surface area contributed by atoms with Crippen LogP contribution in [-0.4, -0.2) is 66.3 Å². The van der Waals surface area contributed by atoms with Crippen molar-refractivity contribution in [1.82, 2.24) is 9.80 Å². The van der Waals surface area contributed by atoms with E-state index in [0.717, 1.165) is 32.7 Å². The van der Waals surface area contributed by atoms with Crippen LogP contribution in [0.5, 0.6) is 0 Å². The second-order valence-corrected chi connectivity index (χ2v) is 6.11. The number of hydrogen-bond acceptors (Lipinski definition) is 4. The van der Waals surface area contributed by atoms with Crippen molar-refractivity contribution < 1.29 is 5.11 Å². The van der Waals surface area contributed by atoms with Gasteiger partial charge < -0.3 is 15.7 Å². The molecule has 0 aliphatic carbocycles. The molecule has 1 saturated heterocycles. The third kappa shape index (κ3) is 3.91. The Morgan fingerprint density at radius 3 is 2.06 bits per heavy atom. The summed E-state index contributed by atoms with van der Waals surface area (Å²) in [7, 11) is 0. The lowest BCUT2D eigenvalue weighted by molar-refractivity contribution is 0.0342. The number of nitrogens with zero attached hydrogens (tertiary/aromatic N) is 2. The first-order valence-corrected chi connectivity index (χ1v) is 6.73. The first-order chi connectivity index (χ1) is 7.90. The highest BCUT2D eigenvalue weighted by molar-refractivity contribution is 4.91. The number of nitrogens with two attached hydrogens (primary N) is 1. The zero-order valence-electron chi connectivity index (χ0n) is 11.8. The minimum Gasteiger partial charge on any atom is -0.395 e. The van der Waals surface area contributed by atoms with Crippen molar-refractivity contribution in [2.24, 2.45) is 11.1 Å². The molecule has 0 aromatic carbocycles. The number of aliphatic hydroxyl groups is 1. The molecule has 2 unspecified atom stereocenters. The molecule has 2 atom stereocenters. The van der Waals surface area contributed by atoms with Crippen molar-refractivity contribution in [3.63, 3.8) is 0 Å². The molecule has 0 aromatic heterocycles. The summed E-state index contributed by atoms with van der Waals surface area (Å²) in [4.78, 5) is 4.79. The summed E-state index contributed by atoms with van der Waals surface area (Å²) < 4.78 is 0. The lowest BCUT2D eigenvalue weighted by Gasteiger charge is -2.43. The minimum atomic E-state index is 0.0145. The lowest BCUT2D eigenvalue weighted by atomic mass is 9.82. The second-order valence-electron chi connectivity index (χ2n) is 6.11. The van der Waals surface area contributed by atoms with Gasteiger partial charge in [-0.15, -0.1) is 0 Å². The molecule has 17 heavy (non-hydrogen) atoms. The van der Waals surface area contributed by atoms with Crippen molar-refractivity contribution >= 4 is 0 Å². The Kier molecular flexibility index (Phi) is 5.38. The van der Waals surface area contributed by atoms with Crippen molar-refractivity contribution in [2.45, 2.75) is 39.8 Å². The molecule has 4 heteroatoms. The average molecular weight is 243 g/mol. The predicted octanol–water partition coefficient (Wildman–Crippen LogP) is 0.358. The molecule has 3 N–H and O–H groups in total. The van der Waals surface area contributed by atoms with Gasteiger partial charge in [0.2, 0.25) is 0 Å². The standard InChI is InChI=1S/C13H29N3O/c1-5-15-6-8-16(9-7-15)11(10-17)12(14)13(2,3)4/h11-12,17H,5-10,14H2,1-4H3. The van der Waals surface area contributed by atoms with E-state index < -0.39 is 0 Å². The number of likely N-dealkylation sites (N-methyl/N-ethyl adjacent to an activating group) is 1. The summed E-state index contributed by atoms with van der Waals surface area (Å²) in [6.07, 6.45) is 0. The highest BCUT2D eigenvalue weighted by Gasteiger charge is 2.33. The van der Waals surface area contributed by atoms with E-state index in [4.69, 9.17) is 5.73 Å². The van der Waals surface area contributed by atoms with E-state index in [1.807, 2.05) is 0 Å². The normalized spacial score (nSPS) is 23.6. The molecule has 102 valence electrons. The Morgan fingerprint density at radius 2 is 1.71 bits per heavy atom. The predicted molar refractivity (Wildman–Crippen MR) is 72.0 cm³/mol. The third-order valence-electron chi connectivity index (χ3n) is 3.92. The molecule has 1 rings (SSSR count). The summed E-state index contributed by atoms with van der Waals surface area (Å²) >= 11 is 0. The molecule has 0 aromatic rings. The van der Waals surface area contributed by atoms with Gasteiger partial charge in [0, 0.05) is 38.3 Å². The molecule has 1 aliphatic heterocycles. The first kappa shape index (κ1) is 14.9. The molecule has 0 spiro atoms. The van der Waals surface area contributed by atoms with Gasteiger partial charge in [-0.05, 0) is 12.0 Å². The van der Waals surface area contributed by atoms with Crippen molar-refractivity contribution in [1.29, 1.82) is 0 Å². The smallest absolute Gasteiger partial charge is 0.0602 e. The van der Waals surface area contributed by atoms with E-state index in [0.29, 0.717) is 0 Å². The Labute approximate surface area is 106 Å². The van der Waals surface area contributed by atoms with Crippen LogP contribution in [0.15, 0.2) is 0 Å². The monoisotopic (exact) mass is 243 g/mol. The van der Waals surface area contributed by atoms with Crippen LogP contribution in [0.25, 0.3) is 0 Å². The van der Waals surface area contributed by atoms with Crippen LogP contribution in [0.2, 0.25) is 0 Å². The first-order valence-electron chi connectivity index (χ1n) is 6.73. The maximum Gasteiger partial charge on any atom is 0.0602 e. The fraction of sp³-hybridized carbons (Fsp3) is 1.00. The molecule has 4 nitrogen and oxygen atoms in total. The van der Waals surface area contributed by atoms with E-state index in [9.17, 15) is 5.11 Å². The van der Waals surface area contributed by atoms with Gasteiger partial charge in [0.1, 0.15) is 0 Å². The Hall–Kier alpha value is -0.160. The fourth-order valence-corrected chi connectivity index (χ4v) is 2.44. The van der Waals surface area contributed by atoms with E-state index in [2.05, 4.69) is 37.5 Å². The molecule has 0 saturated carbocycles. The van der Waals surface area contributed by atoms with Crippen LogP contribution in [0, 0.1) is 5.41 Å². The highest BCUT2D eigenvalue weighted by atomic mass is 16.3. The summed E-state index contributed by atoms with van der Waals surface area (Å²) in [6.45, 7) is 14.1. The highest BCUT2D eigenvalue weighted by Crippen LogP contribution is 2.23. The zero-order chi connectivity index (χ0) is 13.1. The third-order valence-corrected chi connectivity index (χ3v) is 3.92. The van der Waals surface area contributed by atoms with Crippen LogP contribution in [-0.2, 0) is 0 Å². The van der Waals surface area contributed by atoms with E-state index in [1.54, 1.807) is 0 Å². The maximum atomic E-state index is 9.60. The molecular weight excluding hydrogens is 214 g/mol. The summed E-state index contributed by atoms with van der Waals surface area (Å²) in [5.74, 6) is 0. The van der Waals surface area contributed by atoms with E-state index >= 15 is 0 Å². The summed E-state index contributed by atoms with van der Waals surface area (Å²) in [5.41, 5.74) is 6.33. The van der Waals surface area contributed by atoms with Gasteiger partial charge in [-0.3, -0.25) is 4.90 Å². The van der Waals surface area contributed by atoms with Crippen LogP contribution in [0.3, 0.4) is 0 Å². The largest absolute Gasteiger partial charge is 0.395 e. The van der Waals surface area contributed by atoms with Gasteiger partial charge in [0.05, 0.1) is 6.61 Å². The number of aliphatic hydroxyl groups excluding tert-OH is 1. The maximum absolute atomic E-state index is 9.60. The average Bonchev–Trinajstić information content (AvgIpc) is 2.29.